The SMILES string of the molecule is CC(C)/C1=C/CCNCc2cccc(C(C)C)c21. The predicted molar refractivity (Wildman–Crippen MR) is 79.7 cm³/mol. The molecule has 0 bridgehead atoms. The van der Waals surface area contributed by atoms with Crippen molar-refractivity contribution in [3.63, 3.8) is 0 Å². The van der Waals surface area contributed by atoms with Crippen LogP contribution in [0.1, 0.15) is 56.7 Å². The quantitative estimate of drug-likeness (QED) is 0.814. The summed E-state index contributed by atoms with van der Waals surface area (Å²) < 4.78 is 0. The Balaban J connectivity index is 2.60. The predicted octanol–water partition coefficient (Wildman–Crippen LogP) is 4.34. The first-order chi connectivity index (χ1) is 8.61. The van der Waals surface area contributed by atoms with Gasteiger partial charge in [0.05, 0.1) is 0 Å². The Labute approximate surface area is 111 Å². The van der Waals surface area contributed by atoms with E-state index in [1.807, 2.05) is 0 Å². The van der Waals surface area contributed by atoms with Gasteiger partial charge in [-0.15, -0.1) is 0 Å². The Hall–Kier alpha value is -1.08. The number of fused-ring (bicyclic) bond motifs is 1. The van der Waals surface area contributed by atoms with Crippen LogP contribution in [0.2, 0.25) is 0 Å². The van der Waals surface area contributed by atoms with Gasteiger partial charge in [0.15, 0.2) is 0 Å². The maximum Gasteiger partial charge on any atom is 0.0211 e. The van der Waals surface area contributed by atoms with Crippen LogP contribution in [0.4, 0.5) is 0 Å². The topological polar surface area (TPSA) is 12.0 Å². The smallest absolute Gasteiger partial charge is 0.0211 e. The number of hydrogen-bond acceptors (Lipinski definition) is 1. The molecular weight excluding hydrogens is 218 g/mol. The van der Waals surface area contributed by atoms with Gasteiger partial charge >= 0.3 is 0 Å². The van der Waals surface area contributed by atoms with Crippen LogP contribution in [0.3, 0.4) is 0 Å². The summed E-state index contributed by atoms with van der Waals surface area (Å²) in [6.45, 7) is 11.3. The lowest BCUT2D eigenvalue weighted by atomic mass is 9.83. The Morgan fingerprint density at radius 3 is 2.50 bits per heavy atom. The fourth-order valence-corrected chi connectivity index (χ4v) is 2.78. The van der Waals surface area contributed by atoms with Crippen molar-refractivity contribution in [1.29, 1.82) is 0 Å². The zero-order valence-corrected chi connectivity index (χ0v) is 12.1. The molecule has 18 heavy (non-hydrogen) atoms. The molecule has 2 rings (SSSR count). The first kappa shape index (κ1) is 13.4. The molecular formula is C17H25N. The average Bonchev–Trinajstić information content (AvgIpc) is 2.28. The zero-order valence-electron chi connectivity index (χ0n) is 12.1. The highest BCUT2D eigenvalue weighted by atomic mass is 14.8. The van der Waals surface area contributed by atoms with Gasteiger partial charge in [-0.1, -0.05) is 52.0 Å². The van der Waals surface area contributed by atoms with Crippen molar-refractivity contribution in [2.45, 2.75) is 46.6 Å². The molecule has 1 aliphatic rings. The van der Waals surface area contributed by atoms with Gasteiger partial charge in [-0.3, -0.25) is 0 Å². The van der Waals surface area contributed by atoms with Crippen LogP contribution >= 0.6 is 0 Å². The van der Waals surface area contributed by atoms with E-state index in [9.17, 15) is 0 Å². The normalized spacial score (nSPS) is 19.1. The molecule has 0 atom stereocenters. The van der Waals surface area contributed by atoms with Crippen molar-refractivity contribution >= 4 is 5.57 Å². The maximum atomic E-state index is 3.52. The molecule has 1 aromatic rings. The third kappa shape index (κ3) is 2.67. The minimum atomic E-state index is 0.585. The van der Waals surface area contributed by atoms with Gasteiger partial charge in [0, 0.05) is 6.54 Å². The molecule has 1 heterocycles. The second kappa shape index (κ2) is 5.71. The van der Waals surface area contributed by atoms with Crippen LogP contribution in [0, 0.1) is 5.92 Å². The van der Waals surface area contributed by atoms with Crippen molar-refractivity contribution < 1.29 is 0 Å². The number of hydrogen-bond donors (Lipinski definition) is 1. The molecule has 0 radical (unpaired) electrons. The molecule has 0 aliphatic carbocycles. The zero-order chi connectivity index (χ0) is 13.1. The molecule has 1 N–H and O–H groups in total. The van der Waals surface area contributed by atoms with E-state index in [0.29, 0.717) is 11.8 Å². The highest BCUT2D eigenvalue weighted by Crippen LogP contribution is 2.34. The summed E-state index contributed by atoms with van der Waals surface area (Å²) in [5.41, 5.74) is 6.00. The van der Waals surface area contributed by atoms with E-state index in [1.54, 1.807) is 0 Å². The number of benzene rings is 1. The van der Waals surface area contributed by atoms with Crippen LogP contribution in [0.15, 0.2) is 24.3 Å². The van der Waals surface area contributed by atoms with Gasteiger partial charge in [-0.05, 0) is 47.1 Å². The minimum Gasteiger partial charge on any atom is -0.312 e. The summed E-state index contributed by atoms with van der Waals surface area (Å²) in [5, 5.41) is 3.52. The van der Waals surface area contributed by atoms with Gasteiger partial charge in [0.2, 0.25) is 0 Å². The van der Waals surface area contributed by atoms with Gasteiger partial charge in [0.1, 0.15) is 0 Å². The van der Waals surface area contributed by atoms with Crippen LogP contribution in [0.5, 0.6) is 0 Å². The van der Waals surface area contributed by atoms with E-state index >= 15 is 0 Å². The molecule has 1 heteroatoms. The van der Waals surface area contributed by atoms with Gasteiger partial charge in [-0.25, -0.2) is 0 Å². The molecule has 1 nitrogen and oxygen atoms in total. The van der Waals surface area contributed by atoms with Crippen molar-refractivity contribution in [3.05, 3.63) is 41.0 Å². The maximum absolute atomic E-state index is 3.52. The van der Waals surface area contributed by atoms with E-state index in [1.165, 1.54) is 22.3 Å². The summed E-state index contributed by atoms with van der Waals surface area (Å²) in [6.07, 6.45) is 3.57. The Bertz CT molecular complexity index is 441. The lowest BCUT2D eigenvalue weighted by Gasteiger charge is -2.24. The van der Waals surface area contributed by atoms with Crippen LogP contribution < -0.4 is 5.32 Å². The van der Waals surface area contributed by atoms with Crippen LogP contribution in [-0.2, 0) is 6.54 Å². The lowest BCUT2D eigenvalue weighted by molar-refractivity contribution is 0.681. The van der Waals surface area contributed by atoms with Gasteiger partial charge in [-0.2, -0.15) is 0 Å². The summed E-state index contributed by atoms with van der Waals surface area (Å²) in [6, 6.07) is 6.77. The van der Waals surface area contributed by atoms with Gasteiger partial charge < -0.3 is 5.32 Å². The Morgan fingerprint density at radius 1 is 1.06 bits per heavy atom. The molecule has 0 saturated carbocycles. The summed E-state index contributed by atoms with van der Waals surface area (Å²) >= 11 is 0. The molecule has 98 valence electrons. The molecule has 1 aliphatic heterocycles. The first-order valence-electron chi connectivity index (χ1n) is 7.14. The summed E-state index contributed by atoms with van der Waals surface area (Å²) in [5.74, 6) is 1.18. The molecule has 0 unspecified atom stereocenters. The van der Waals surface area contributed by atoms with Crippen LogP contribution in [0.25, 0.3) is 5.57 Å². The largest absolute Gasteiger partial charge is 0.312 e. The van der Waals surface area contributed by atoms with Crippen molar-refractivity contribution in [2.75, 3.05) is 6.54 Å². The second-order valence-electron chi connectivity index (χ2n) is 5.82. The van der Waals surface area contributed by atoms with E-state index in [0.717, 1.165) is 19.5 Å². The van der Waals surface area contributed by atoms with Gasteiger partial charge in [0.25, 0.3) is 0 Å². The molecule has 0 amide bonds. The standard InChI is InChI=1S/C17H25N/c1-12(2)15-8-5-7-14-11-18-10-6-9-16(13(3)4)17(14)15/h5,7-9,12-13,18H,6,10-11H2,1-4H3/b16-9-. The first-order valence-corrected chi connectivity index (χ1v) is 7.14. The molecule has 0 spiro atoms. The van der Waals surface area contributed by atoms with E-state index < -0.39 is 0 Å². The number of nitrogens with one attached hydrogen (secondary N) is 1. The fraction of sp³-hybridized carbons (Fsp3) is 0.529. The molecule has 0 fully saturated rings. The van der Waals surface area contributed by atoms with Crippen molar-refractivity contribution in [3.8, 4) is 0 Å². The summed E-state index contributed by atoms with van der Waals surface area (Å²) in [7, 11) is 0. The molecule has 0 aromatic heterocycles. The minimum absolute atomic E-state index is 0.585. The molecule has 0 saturated heterocycles. The Morgan fingerprint density at radius 2 is 1.83 bits per heavy atom. The molecule has 1 aromatic carbocycles. The van der Waals surface area contributed by atoms with Crippen molar-refractivity contribution in [1.82, 2.24) is 5.32 Å². The van der Waals surface area contributed by atoms with E-state index in [4.69, 9.17) is 0 Å². The average molecular weight is 243 g/mol. The lowest BCUT2D eigenvalue weighted by Crippen LogP contribution is -2.19. The highest BCUT2D eigenvalue weighted by Gasteiger charge is 2.18. The summed E-state index contributed by atoms with van der Waals surface area (Å²) in [4.78, 5) is 0. The Kier molecular flexibility index (Phi) is 4.23. The second-order valence-corrected chi connectivity index (χ2v) is 5.82. The third-order valence-corrected chi connectivity index (χ3v) is 3.72. The fourth-order valence-electron chi connectivity index (χ4n) is 2.78. The number of allylic oxidation sites excluding steroid dienone is 1. The van der Waals surface area contributed by atoms with Crippen LogP contribution in [-0.4, -0.2) is 6.54 Å². The van der Waals surface area contributed by atoms with E-state index in [-0.39, 0.29) is 0 Å². The van der Waals surface area contributed by atoms with Crippen molar-refractivity contribution in [2.24, 2.45) is 5.92 Å². The highest BCUT2D eigenvalue weighted by molar-refractivity contribution is 5.73. The monoisotopic (exact) mass is 243 g/mol. The number of rotatable bonds is 2. The van der Waals surface area contributed by atoms with E-state index in [2.05, 4.69) is 57.3 Å². The third-order valence-electron chi connectivity index (χ3n) is 3.72.